The molecule has 0 spiro atoms. The van der Waals surface area contributed by atoms with Crippen LogP contribution in [0.15, 0.2) is 18.2 Å². The maximum atomic E-state index is 13.8. The van der Waals surface area contributed by atoms with Gasteiger partial charge in [-0.15, -0.1) is 0 Å². The van der Waals surface area contributed by atoms with Crippen molar-refractivity contribution in [3.05, 3.63) is 29.3 Å². The summed E-state index contributed by atoms with van der Waals surface area (Å²) in [7, 11) is 0. The molecular formula is C21H25F2N3O4. The number of hydrogen-bond donors (Lipinski definition) is 1. The number of halogens is 2. The van der Waals surface area contributed by atoms with Gasteiger partial charge in [-0.3, -0.25) is 24.6 Å². The lowest BCUT2D eigenvalue weighted by Gasteiger charge is -2.38. The Kier molecular flexibility index (Phi) is 5.48. The van der Waals surface area contributed by atoms with Gasteiger partial charge < -0.3 is 9.64 Å². The van der Waals surface area contributed by atoms with E-state index in [2.05, 4.69) is 5.32 Å². The van der Waals surface area contributed by atoms with Crippen LogP contribution in [0.3, 0.4) is 0 Å². The minimum atomic E-state index is -2.67. The van der Waals surface area contributed by atoms with Crippen LogP contribution in [0.5, 0.6) is 5.75 Å². The Bertz CT molecular complexity index is 876. The number of nitrogens with zero attached hydrogens (tertiary/aromatic N) is 2. The summed E-state index contributed by atoms with van der Waals surface area (Å²) >= 11 is 0. The van der Waals surface area contributed by atoms with Gasteiger partial charge in [0.2, 0.25) is 11.8 Å². The van der Waals surface area contributed by atoms with E-state index in [-0.39, 0.29) is 50.3 Å². The van der Waals surface area contributed by atoms with Crippen molar-refractivity contribution < 1.29 is 27.9 Å². The predicted octanol–water partition coefficient (Wildman–Crippen LogP) is 1.95. The number of rotatable bonds is 5. The molecule has 0 saturated carbocycles. The van der Waals surface area contributed by atoms with Crippen molar-refractivity contribution in [1.82, 2.24) is 15.1 Å². The molecule has 0 aliphatic carbocycles. The molecule has 2 atom stereocenters. The first-order valence-electron chi connectivity index (χ1n) is 10.3. The van der Waals surface area contributed by atoms with E-state index in [1.165, 1.54) is 4.90 Å². The smallest absolute Gasteiger partial charge is 0.255 e. The van der Waals surface area contributed by atoms with Crippen molar-refractivity contribution in [3.63, 3.8) is 0 Å². The summed E-state index contributed by atoms with van der Waals surface area (Å²) in [4.78, 5) is 39.7. The Morgan fingerprint density at radius 3 is 2.80 bits per heavy atom. The van der Waals surface area contributed by atoms with Gasteiger partial charge in [0.1, 0.15) is 18.4 Å². The number of fused-ring (bicyclic) bond motifs is 1. The number of likely N-dealkylation sites (N-methyl/N-ethyl adjacent to an activating group) is 1. The maximum Gasteiger partial charge on any atom is 0.255 e. The van der Waals surface area contributed by atoms with Crippen molar-refractivity contribution in [1.29, 1.82) is 0 Å². The van der Waals surface area contributed by atoms with E-state index < -0.39 is 17.9 Å². The van der Waals surface area contributed by atoms with Crippen molar-refractivity contribution in [2.45, 2.75) is 57.2 Å². The SMILES string of the molecule is CCN1CCC(F)(F)CC1COc1ccc2c(c1)CN(C1CCC(=O)NC1=O)C2=O. The van der Waals surface area contributed by atoms with E-state index in [9.17, 15) is 23.2 Å². The molecule has 162 valence electrons. The number of ether oxygens (including phenoxy) is 1. The van der Waals surface area contributed by atoms with E-state index in [4.69, 9.17) is 4.74 Å². The van der Waals surface area contributed by atoms with Crippen LogP contribution in [0.4, 0.5) is 8.78 Å². The molecule has 0 bridgehead atoms. The number of likely N-dealkylation sites (tertiary alicyclic amines) is 1. The van der Waals surface area contributed by atoms with Gasteiger partial charge in [-0.2, -0.15) is 0 Å². The number of nitrogens with one attached hydrogen (secondary N) is 1. The van der Waals surface area contributed by atoms with Gasteiger partial charge in [0.05, 0.1) is 0 Å². The zero-order valence-electron chi connectivity index (χ0n) is 16.8. The van der Waals surface area contributed by atoms with E-state index in [1.807, 2.05) is 11.8 Å². The van der Waals surface area contributed by atoms with Crippen LogP contribution < -0.4 is 10.1 Å². The van der Waals surface area contributed by atoms with Crippen LogP contribution >= 0.6 is 0 Å². The highest BCUT2D eigenvalue weighted by atomic mass is 19.3. The highest BCUT2D eigenvalue weighted by Crippen LogP contribution is 2.33. The average Bonchev–Trinajstić information content (AvgIpc) is 3.02. The third kappa shape index (κ3) is 4.03. The molecule has 2 saturated heterocycles. The van der Waals surface area contributed by atoms with Gasteiger partial charge in [-0.05, 0) is 36.7 Å². The van der Waals surface area contributed by atoms with Crippen LogP contribution in [-0.2, 0) is 16.1 Å². The second-order valence-corrected chi connectivity index (χ2v) is 8.12. The standard InChI is InChI=1S/C21H25F2N3O4/c1-2-25-8-7-21(22,23)10-14(25)12-30-15-3-4-16-13(9-15)11-26(20(16)29)17-5-6-18(27)24-19(17)28/h3-4,9,14,17H,2,5-8,10-12H2,1H3,(H,24,27,28). The first kappa shape index (κ1) is 20.7. The summed E-state index contributed by atoms with van der Waals surface area (Å²) in [5.74, 6) is -3.20. The highest BCUT2D eigenvalue weighted by molar-refractivity contribution is 6.05. The molecule has 1 N–H and O–H groups in total. The molecule has 2 fully saturated rings. The summed E-state index contributed by atoms with van der Waals surface area (Å²) in [6, 6.07) is 3.99. The first-order chi connectivity index (χ1) is 14.3. The Balaban J connectivity index is 1.43. The molecule has 2 unspecified atom stereocenters. The molecule has 0 aromatic heterocycles. The van der Waals surface area contributed by atoms with Crippen LogP contribution in [0.25, 0.3) is 0 Å². The van der Waals surface area contributed by atoms with Crippen LogP contribution in [-0.4, -0.2) is 65.2 Å². The molecule has 30 heavy (non-hydrogen) atoms. The van der Waals surface area contributed by atoms with Crippen molar-refractivity contribution >= 4 is 17.7 Å². The molecule has 1 aromatic carbocycles. The zero-order chi connectivity index (χ0) is 21.5. The van der Waals surface area contributed by atoms with Gasteiger partial charge in [-0.1, -0.05) is 6.92 Å². The summed E-state index contributed by atoms with van der Waals surface area (Å²) in [6.45, 7) is 3.37. The van der Waals surface area contributed by atoms with Crippen LogP contribution in [0, 0.1) is 0 Å². The average molecular weight is 421 g/mol. The lowest BCUT2D eigenvalue weighted by molar-refractivity contribution is -0.136. The van der Waals surface area contributed by atoms with Crippen LogP contribution in [0.2, 0.25) is 0 Å². The number of alkyl halides is 2. The second-order valence-electron chi connectivity index (χ2n) is 8.12. The molecule has 3 aliphatic heterocycles. The van der Waals surface area contributed by atoms with Gasteiger partial charge in [-0.25, -0.2) is 8.78 Å². The fraction of sp³-hybridized carbons (Fsp3) is 0.571. The lowest BCUT2D eigenvalue weighted by atomic mass is 9.99. The summed E-state index contributed by atoms with van der Waals surface area (Å²) in [6.07, 6.45) is 0.142. The Labute approximate surface area is 173 Å². The fourth-order valence-corrected chi connectivity index (χ4v) is 4.48. The highest BCUT2D eigenvalue weighted by Gasteiger charge is 2.41. The third-order valence-corrected chi connectivity index (χ3v) is 6.16. The number of carbonyl (C=O) groups is 3. The normalized spacial score (nSPS) is 26.5. The fourth-order valence-electron chi connectivity index (χ4n) is 4.48. The molecule has 1 aromatic rings. The topological polar surface area (TPSA) is 79.0 Å². The van der Waals surface area contributed by atoms with Gasteiger partial charge in [0.25, 0.3) is 11.8 Å². The minimum Gasteiger partial charge on any atom is -0.492 e. The maximum absolute atomic E-state index is 13.8. The molecule has 7 nitrogen and oxygen atoms in total. The second kappa shape index (κ2) is 7.94. The molecule has 3 aliphatic rings. The first-order valence-corrected chi connectivity index (χ1v) is 10.3. The summed E-state index contributed by atoms with van der Waals surface area (Å²) < 4.78 is 33.4. The van der Waals surface area contributed by atoms with Crippen molar-refractivity contribution in [2.24, 2.45) is 0 Å². The Morgan fingerprint density at radius 2 is 2.07 bits per heavy atom. The van der Waals surface area contributed by atoms with Crippen molar-refractivity contribution in [2.75, 3.05) is 19.7 Å². The molecular weight excluding hydrogens is 396 g/mol. The van der Waals surface area contributed by atoms with Gasteiger partial charge in [0, 0.05) is 44.0 Å². The van der Waals surface area contributed by atoms with Gasteiger partial charge in [0.15, 0.2) is 0 Å². The molecule has 3 amide bonds. The third-order valence-electron chi connectivity index (χ3n) is 6.16. The van der Waals surface area contributed by atoms with Gasteiger partial charge >= 0.3 is 0 Å². The monoisotopic (exact) mass is 421 g/mol. The number of imide groups is 1. The van der Waals surface area contributed by atoms with E-state index in [0.29, 0.717) is 30.8 Å². The predicted molar refractivity (Wildman–Crippen MR) is 103 cm³/mol. The minimum absolute atomic E-state index is 0.130. The van der Waals surface area contributed by atoms with E-state index in [1.54, 1.807) is 18.2 Å². The van der Waals surface area contributed by atoms with Crippen LogP contribution in [0.1, 0.15) is 48.5 Å². The number of carbonyl (C=O) groups excluding carboxylic acids is 3. The number of amides is 3. The molecule has 4 rings (SSSR count). The Morgan fingerprint density at radius 1 is 1.27 bits per heavy atom. The molecule has 0 radical (unpaired) electrons. The number of piperidine rings is 2. The number of benzene rings is 1. The zero-order valence-corrected chi connectivity index (χ0v) is 16.8. The summed E-state index contributed by atoms with van der Waals surface area (Å²) in [5, 5.41) is 2.28. The van der Waals surface area contributed by atoms with Crippen molar-refractivity contribution in [3.8, 4) is 5.75 Å². The number of hydrogen-bond acceptors (Lipinski definition) is 5. The Hall–Kier alpha value is -2.55. The molecule has 3 heterocycles. The largest absolute Gasteiger partial charge is 0.492 e. The lowest BCUT2D eigenvalue weighted by Crippen LogP contribution is -2.52. The van der Waals surface area contributed by atoms with E-state index in [0.717, 1.165) is 5.56 Å². The summed E-state index contributed by atoms with van der Waals surface area (Å²) in [5.41, 5.74) is 1.22. The van der Waals surface area contributed by atoms with E-state index >= 15 is 0 Å². The quantitative estimate of drug-likeness (QED) is 0.736. The molecule has 9 heteroatoms.